The van der Waals surface area contributed by atoms with Gasteiger partial charge in [0.05, 0.1) is 0 Å². The summed E-state index contributed by atoms with van der Waals surface area (Å²) in [4.78, 5) is 2.40. The number of nitrogens with zero attached hydrogens (tertiary/aromatic N) is 1. The average Bonchev–Trinajstić information content (AvgIpc) is 2.53. The van der Waals surface area contributed by atoms with E-state index in [1.54, 1.807) is 0 Å². The van der Waals surface area contributed by atoms with E-state index in [1.165, 1.54) is 0 Å². The molecule has 112 valence electrons. The van der Waals surface area contributed by atoms with Gasteiger partial charge in [-0.05, 0) is 37.4 Å². The van der Waals surface area contributed by atoms with E-state index in [0.29, 0.717) is 0 Å². The number of benzene rings is 2. The number of ether oxygens (including phenoxy) is 1. The molecule has 0 radical (unpaired) electrons. The van der Waals surface area contributed by atoms with Gasteiger partial charge in [-0.15, -0.1) is 0 Å². The summed E-state index contributed by atoms with van der Waals surface area (Å²) in [5, 5.41) is 3.45. The Labute approximate surface area is 127 Å². The Morgan fingerprint density at radius 1 is 0.905 bits per heavy atom. The van der Waals surface area contributed by atoms with Crippen LogP contribution in [0, 0.1) is 0 Å². The minimum Gasteiger partial charge on any atom is -0.457 e. The lowest BCUT2D eigenvalue weighted by atomic mass is 10.3. The Hall–Kier alpha value is -2.00. The first-order valence-electron chi connectivity index (χ1n) is 7.61. The number of rotatable bonds is 8. The molecule has 21 heavy (non-hydrogen) atoms. The highest BCUT2D eigenvalue weighted by molar-refractivity contribution is 5.49. The van der Waals surface area contributed by atoms with Crippen molar-refractivity contribution < 1.29 is 4.74 Å². The quantitative estimate of drug-likeness (QED) is 0.785. The first kappa shape index (κ1) is 15.4. The van der Waals surface area contributed by atoms with E-state index in [2.05, 4.69) is 30.1 Å². The van der Waals surface area contributed by atoms with Gasteiger partial charge in [0.15, 0.2) is 0 Å². The second kappa shape index (κ2) is 8.32. The van der Waals surface area contributed by atoms with Crippen LogP contribution in [0.4, 0.5) is 5.69 Å². The molecule has 0 aliphatic carbocycles. The molecule has 0 unspecified atom stereocenters. The first-order chi connectivity index (χ1) is 10.3. The Morgan fingerprint density at radius 3 is 2.33 bits per heavy atom. The Kier molecular flexibility index (Phi) is 6.10. The zero-order valence-electron chi connectivity index (χ0n) is 12.9. The predicted octanol–water partition coefficient (Wildman–Crippen LogP) is 4.23. The third kappa shape index (κ3) is 5.12. The molecule has 2 aromatic rings. The summed E-state index contributed by atoms with van der Waals surface area (Å²) in [6, 6.07) is 17.9. The van der Waals surface area contributed by atoms with E-state index in [1.807, 2.05) is 48.5 Å². The molecule has 0 amide bonds. The number of para-hydroxylation sites is 1. The summed E-state index contributed by atoms with van der Waals surface area (Å²) in [5.41, 5.74) is 1.09. The summed E-state index contributed by atoms with van der Waals surface area (Å²) in [5.74, 6) is 1.71. The largest absolute Gasteiger partial charge is 0.457 e. The summed E-state index contributed by atoms with van der Waals surface area (Å²) < 4.78 is 5.84. The highest BCUT2D eigenvalue weighted by atomic mass is 16.5. The molecule has 2 aromatic carbocycles. The van der Waals surface area contributed by atoms with Gasteiger partial charge in [-0.25, -0.2) is 0 Å². The zero-order valence-corrected chi connectivity index (χ0v) is 12.9. The molecule has 0 fully saturated rings. The molecule has 1 N–H and O–H groups in total. The van der Waals surface area contributed by atoms with Crippen LogP contribution < -0.4 is 10.1 Å². The third-order valence-electron chi connectivity index (χ3n) is 3.46. The van der Waals surface area contributed by atoms with Gasteiger partial charge in [0.1, 0.15) is 11.5 Å². The van der Waals surface area contributed by atoms with Crippen LogP contribution in [0.2, 0.25) is 0 Å². The van der Waals surface area contributed by atoms with Crippen LogP contribution in [0.1, 0.15) is 13.8 Å². The molecule has 0 aliphatic heterocycles. The standard InChI is InChI=1S/C18H24N2O/c1-3-20(4-2)14-13-19-16-9-8-12-18(15-16)21-17-10-6-5-7-11-17/h5-12,15,19H,3-4,13-14H2,1-2H3. The van der Waals surface area contributed by atoms with Crippen LogP contribution in [0.15, 0.2) is 54.6 Å². The van der Waals surface area contributed by atoms with Crippen molar-refractivity contribution in [3.05, 3.63) is 54.6 Å². The van der Waals surface area contributed by atoms with Crippen LogP contribution in [0.25, 0.3) is 0 Å². The third-order valence-corrected chi connectivity index (χ3v) is 3.46. The van der Waals surface area contributed by atoms with Crippen LogP contribution in [-0.2, 0) is 0 Å². The van der Waals surface area contributed by atoms with E-state index >= 15 is 0 Å². The minimum atomic E-state index is 0.856. The van der Waals surface area contributed by atoms with Gasteiger partial charge in [0.25, 0.3) is 0 Å². The molecule has 0 saturated carbocycles. The summed E-state index contributed by atoms with van der Waals surface area (Å²) in [6.45, 7) is 8.56. The van der Waals surface area contributed by atoms with Gasteiger partial charge in [-0.2, -0.15) is 0 Å². The smallest absolute Gasteiger partial charge is 0.129 e. The molecule has 3 heteroatoms. The Morgan fingerprint density at radius 2 is 1.62 bits per heavy atom. The lowest BCUT2D eigenvalue weighted by Gasteiger charge is -2.18. The van der Waals surface area contributed by atoms with Crippen molar-refractivity contribution in [2.75, 3.05) is 31.5 Å². The van der Waals surface area contributed by atoms with Crippen LogP contribution in [-0.4, -0.2) is 31.1 Å². The molecule has 0 aromatic heterocycles. The van der Waals surface area contributed by atoms with Gasteiger partial charge in [0, 0.05) is 24.8 Å². The Bertz CT molecular complexity index is 524. The first-order valence-corrected chi connectivity index (χ1v) is 7.61. The average molecular weight is 284 g/mol. The molecule has 0 atom stereocenters. The van der Waals surface area contributed by atoms with Crippen LogP contribution in [0.3, 0.4) is 0 Å². The normalized spacial score (nSPS) is 10.6. The molecule has 0 saturated heterocycles. The molecular formula is C18H24N2O. The summed E-state index contributed by atoms with van der Waals surface area (Å²) in [6.07, 6.45) is 0. The van der Waals surface area contributed by atoms with Gasteiger partial charge in [-0.3, -0.25) is 0 Å². The molecule has 3 nitrogen and oxygen atoms in total. The second-order valence-electron chi connectivity index (χ2n) is 4.90. The van der Waals surface area contributed by atoms with Crippen molar-refractivity contribution >= 4 is 5.69 Å². The van der Waals surface area contributed by atoms with Crippen molar-refractivity contribution in [2.24, 2.45) is 0 Å². The van der Waals surface area contributed by atoms with Gasteiger partial charge in [-0.1, -0.05) is 38.1 Å². The van der Waals surface area contributed by atoms with Crippen molar-refractivity contribution in [3.8, 4) is 11.5 Å². The van der Waals surface area contributed by atoms with Crippen molar-refractivity contribution in [1.82, 2.24) is 4.90 Å². The number of hydrogen-bond donors (Lipinski definition) is 1. The van der Waals surface area contributed by atoms with Gasteiger partial charge >= 0.3 is 0 Å². The van der Waals surface area contributed by atoms with Gasteiger partial charge < -0.3 is 15.0 Å². The molecule has 0 aliphatic rings. The lowest BCUT2D eigenvalue weighted by Crippen LogP contribution is -2.28. The maximum absolute atomic E-state index is 5.84. The monoisotopic (exact) mass is 284 g/mol. The zero-order chi connectivity index (χ0) is 14.9. The predicted molar refractivity (Wildman–Crippen MR) is 89.2 cm³/mol. The second-order valence-corrected chi connectivity index (χ2v) is 4.90. The molecule has 0 bridgehead atoms. The maximum Gasteiger partial charge on any atom is 0.129 e. The number of hydrogen-bond acceptors (Lipinski definition) is 3. The van der Waals surface area contributed by atoms with E-state index < -0.39 is 0 Å². The number of anilines is 1. The maximum atomic E-state index is 5.84. The topological polar surface area (TPSA) is 24.5 Å². The summed E-state index contributed by atoms with van der Waals surface area (Å²) >= 11 is 0. The van der Waals surface area contributed by atoms with Crippen molar-refractivity contribution in [1.29, 1.82) is 0 Å². The number of likely N-dealkylation sites (N-methyl/N-ethyl adjacent to an activating group) is 1. The fraction of sp³-hybridized carbons (Fsp3) is 0.333. The highest BCUT2D eigenvalue weighted by Gasteiger charge is 2.00. The minimum absolute atomic E-state index is 0.856. The van der Waals surface area contributed by atoms with Crippen LogP contribution >= 0.6 is 0 Å². The molecular weight excluding hydrogens is 260 g/mol. The van der Waals surface area contributed by atoms with E-state index in [9.17, 15) is 0 Å². The SMILES string of the molecule is CCN(CC)CCNc1cccc(Oc2ccccc2)c1. The molecule has 0 heterocycles. The Balaban J connectivity index is 1.89. The molecule has 0 spiro atoms. The van der Waals surface area contributed by atoms with Gasteiger partial charge in [0.2, 0.25) is 0 Å². The lowest BCUT2D eigenvalue weighted by molar-refractivity contribution is 0.316. The number of nitrogens with one attached hydrogen (secondary N) is 1. The highest BCUT2D eigenvalue weighted by Crippen LogP contribution is 2.23. The van der Waals surface area contributed by atoms with E-state index in [4.69, 9.17) is 4.74 Å². The van der Waals surface area contributed by atoms with Crippen LogP contribution in [0.5, 0.6) is 11.5 Å². The van der Waals surface area contributed by atoms with Crippen molar-refractivity contribution in [2.45, 2.75) is 13.8 Å². The summed E-state index contributed by atoms with van der Waals surface area (Å²) in [7, 11) is 0. The van der Waals surface area contributed by atoms with Crippen molar-refractivity contribution in [3.63, 3.8) is 0 Å². The van der Waals surface area contributed by atoms with E-state index in [0.717, 1.165) is 43.4 Å². The molecule has 2 rings (SSSR count). The fourth-order valence-electron chi connectivity index (χ4n) is 2.19. The fourth-order valence-corrected chi connectivity index (χ4v) is 2.19. The van der Waals surface area contributed by atoms with E-state index in [-0.39, 0.29) is 0 Å².